The third-order valence-electron chi connectivity index (χ3n) is 5.33. The van der Waals surface area contributed by atoms with Crippen molar-refractivity contribution >= 4 is 17.5 Å². The minimum absolute atomic E-state index is 0.126. The average Bonchev–Trinajstić information content (AvgIpc) is 3.17. The first-order valence-electron chi connectivity index (χ1n) is 10.1. The Morgan fingerprint density at radius 2 is 1.86 bits per heavy atom. The van der Waals surface area contributed by atoms with Crippen LogP contribution in [0.2, 0.25) is 0 Å². The van der Waals surface area contributed by atoms with Gasteiger partial charge in [0.25, 0.3) is 11.7 Å². The lowest BCUT2D eigenvalue weighted by molar-refractivity contribution is 0.0742. The number of hydrogen-bond acceptors (Lipinski definition) is 5. The van der Waals surface area contributed by atoms with E-state index in [0.717, 1.165) is 36.6 Å². The van der Waals surface area contributed by atoms with Gasteiger partial charge in [0, 0.05) is 44.4 Å². The highest BCUT2D eigenvalue weighted by molar-refractivity contribution is 5.94. The van der Waals surface area contributed by atoms with E-state index in [1.165, 1.54) is 12.1 Å². The first-order valence-corrected chi connectivity index (χ1v) is 10.1. The van der Waals surface area contributed by atoms with E-state index >= 15 is 0 Å². The Bertz CT molecular complexity index is 1030. The number of fused-ring (bicyclic) bond motifs is 1. The topological polar surface area (TPSA) is 66.6 Å². The standard InChI is InChI=1S/C21H25FN6O/c1-3-7-15-14-19(23-21-25-24-18(4-2)28(15)21)26-10-12-27(13-11-26)20(29)16-8-5-6-9-17(16)22/h5-6,8-9,14H,3-4,7,10-13H2,1-2H3. The van der Waals surface area contributed by atoms with Crippen molar-refractivity contribution in [2.24, 2.45) is 0 Å². The summed E-state index contributed by atoms with van der Waals surface area (Å²) in [6.07, 6.45) is 2.74. The number of hydrogen-bond donors (Lipinski definition) is 0. The van der Waals surface area contributed by atoms with Crippen LogP contribution in [0.15, 0.2) is 30.3 Å². The SMILES string of the molecule is CCCc1cc(N2CCN(C(=O)c3ccccc3F)CC2)nc2nnc(CC)n12. The smallest absolute Gasteiger partial charge is 0.257 e. The number of carbonyl (C=O) groups excluding carboxylic acids is 1. The van der Waals surface area contributed by atoms with E-state index in [1.54, 1.807) is 17.0 Å². The molecule has 152 valence electrons. The van der Waals surface area contributed by atoms with Crippen LogP contribution in [0.4, 0.5) is 10.2 Å². The molecule has 1 saturated heterocycles. The summed E-state index contributed by atoms with van der Waals surface area (Å²) in [5, 5.41) is 8.51. The Labute approximate surface area is 169 Å². The Morgan fingerprint density at radius 3 is 2.55 bits per heavy atom. The van der Waals surface area contributed by atoms with Gasteiger partial charge >= 0.3 is 0 Å². The molecular formula is C21H25FN6O. The minimum atomic E-state index is -0.477. The van der Waals surface area contributed by atoms with Gasteiger partial charge in [-0.25, -0.2) is 4.39 Å². The molecule has 0 aliphatic carbocycles. The molecule has 0 saturated carbocycles. The average molecular weight is 396 g/mol. The fourth-order valence-corrected chi connectivity index (χ4v) is 3.80. The summed E-state index contributed by atoms with van der Waals surface area (Å²) in [6, 6.07) is 8.24. The second kappa shape index (κ2) is 8.14. The molecule has 1 amide bonds. The van der Waals surface area contributed by atoms with Gasteiger partial charge in [-0.15, -0.1) is 10.2 Å². The number of halogens is 1. The van der Waals surface area contributed by atoms with Crippen molar-refractivity contribution < 1.29 is 9.18 Å². The maximum Gasteiger partial charge on any atom is 0.257 e. The van der Waals surface area contributed by atoms with E-state index in [0.29, 0.717) is 32.0 Å². The summed E-state index contributed by atoms with van der Waals surface area (Å²) < 4.78 is 16.0. The Balaban J connectivity index is 1.53. The van der Waals surface area contributed by atoms with Crippen LogP contribution in [0.3, 0.4) is 0 Å². The van der Waals surface area contributed by atoms with E-state index in [9.17, 15) is 9.18 Å². The molecule has 0 radical (unpaired) electrons. The molecular weight excluding hydrogens is 371 g/mol. The van der Waals surface area contributed by atoms with Crippen LogP contribution in [0.25, 0.3) is 5.78 Å². The van der Waals surface area contributed by atoms with Crippen LogP contribution >= 0.6 is 0 Å². The summed E-state index contributed by atoms with van der Waals surface area (Å²) in [5.74, 6) is 1.65. The highest BCUT2D eigenvalue weighted by Gasteiger charge is 2.25. The summed E-state index contributed by atoms with van der Waals surface area (Å²) in [6.45, 7) is 6.54. The van der Waals surface area contributed by atoms with Crippen LogP contribution in [0.1, 0.15) is 42.1 Å². The van der Waals surface area contributed by atoms with E-state index in [1.807, 2.05) is 4.40 Å². The lowest BCUT2D eigenvalue weighted by atomic mass is 10.1. The lowest BCUT2D eigenvalue weighted by Gasteiger charge is -2.35. The predicted octanol–water partition coefficient (Wildman–Crippen LogP) is 2.74. The monoisotopic (exact) mass is 396 g/mol. The first-order chi connectivity index (χ1) is 14.1. The van der Waals surface area contributed by atoms with Crippen molar-refractivity contribution in [1.29, 1.82) is 0 Å². The van der Waals surface area contributed by atoms with Gasteiger partial charge in [-0.05, 0) is 18.6 Å². The number of nitrogens with zero attached hydrogens (tertiary/aromatic N) is 6. The largest absolute Gasteiger partial charge is 0.353 e. The third kappa shape index (κ3) is 3.66. The fraction of sp³-hybridized carbons (Fsp3) is 0.429. The second-order valence-corrected chi connectivity index (χ2v) is 7.22. The molecule has 3 heterocycles. The molecule has 0 atom stereocenters. The van der Waals surface area contributed by atoms with Gasteiger partial charge in [0.1, 0.15) is 17.5 Å². The summed E-state index contributed by atoms with van der Waals surface area (Å²) in [4.78, 5) is 21.2. The third-order valence-corrected chi connectivity index (χ3v) is 5.33. The summed E-state index contributed by atoms with van der Waals surface area (Å²) >= 11 is 0. The van der Waals surface area contributed by atoms with E-state index in [4.69, 9.17) is 4.98 Å². The Morgan fingerprint density at radius 1 is 1.10 bits per heavy atom. The molecule has 29 heavy (non-hydrogen) atoms. The van der Waals surface area contributed by atoms with Crippen molar-refractivity contribution in [2.75, 3.05) is 31.1 Å². The number of aromatic nitrogens is 4. The molecule has 3 aromatic rings. The number of benzene rings is 1. The van der Waals surface area contributed by atoms with Crippen LogP contribution in [-0.4, -0.2) is 56.6 Å². The molecule has 1 aliphatic heterocycles. The zero-order valence-corrected chi connectivity index (χ0v) is 16.8. The lowest BCUT2D eigenvalue weighted by Crippen LogP contribution is -2.49. The van der Waals surface area contributed by atoms with Crippen molar-refractivity contribution in [3.8, 4) is 0 Å². The Kier molecular flexibility index (Phi) is 5.42. The molecule has 7 nitrogen and oxygen atoms in total. The van der Waals surface area contributed by atoms with Crippen molar-refractivity contribution in [1.82, 2.24) is 24.5 Å². The molecule has 4 rings (SSSR count). The van der Waals surface area contributed by atoms with Crippen LogP contribution in [-0.2, 0) is 12.8 Å². The molecule has 1 aromatic carbocycles. The maximum absolute atomic E-state index is 14.0. The van der Waals surface area contributed by atoms with Gasteiger partial charge in [-0.1, -0.05) is 32.4 Å². The molecule has 1 aliphatic rings. The van der Waals surface area contributed by atoms with Gasteiger partial charge in [-0.2, -0.15) is 4.98 Å². The van der Waals surface area contributed by atoms with Gasteiger partial charge in [-0.3, -0.25) is 9.20 Å². The number of amides is 1. The number of piperazine rings is 1. The Hall–Kier alpha value is -3.03. The fourth-order valence-electron chi connectivity index (χ4n) is 3.80. The van der Waals surface area contributed by atoms with E-state index < -0.39 is 5.82 Å². The minimum Gasteiger partial charge on any atom is -0.353 e. The molecule has 1 fully saturated rings. The summed E-state index contributed by atoms with van der Waals surface area (Å²) in [5.41, 5.74) is 1.28. The van der Waals surface area contributed by atoms with Crippen LogP contribution in [0.5, 0.6) is 0 Å². The zero-order chi connectivity index (χ0) is 20.4. The summed E-state index contributed by atoms with van der Waals surface area (Å²) in [7, 11) is 0. The first kappa shape index (κ1) is 19.3. The van der Waals surface area contributed by atoms with Gasteiger partial charge in [0.05, 0.1) is 5.56 Å². The molecule has 0 unspecified atom stereocenters. The van der Waals surface area contributed by atoms with E-state index in [2.05, 4.69) is 35.0 Å². The number of aryl methyl sites for hydroxylation is 2. The normalized spacial score (nSPS) is 14.6. The van der Waals surface area contributed by atoms with Crippen LogP contribution in [0, 0.1) is 5.82 Å². The maximum atomic E-state index is 14.0. The van der Waals surface area contributed by atoms with Gasteiger partial charge < -0.3 is 9.80 Å². The molecule has 2 aromatic heterocycles. The van der Waals surface area contributed by atoms with Crippen molar-refractivity contribution in [3.63, 3.8) is 0 Å². The van der Waals surface area contributed by atoms with Crippen LogP contribution < -0.4 is 4.90 Å². The second-order valence-electron chi connectivity index (χ2n) is 7.22. The molecule has 0 N–H and O–H groups in total. The molecule has 8 heteroatoms. The van der Waals surface area contributed by atoms with Crippen molar-refractivity contribution in [2.45, 2.75) is 33.1 Å². The highest BCUT2D eigenvalue weighted by Crippen LogP contribution is 2.20. The molecule has 0 spiro atoms. The van der Waals surface area contributed by atoms with Gasteiger partial charge in [0.15, 0.2) is 0 Å². The highest BCUT2D eigenvalue weighted by atomic mass is 19.1. The van der Waals surface area contributed by atoms with Crippen molar-refractivity contribution in [3.05, 3.63) is 53.2 Å². The number of rotatable bonds is 5. The van der Waals surface area contributed by atoms with Gasteiger partial charge in [0.2, 0.25) is 0 Å². The number of carbonyl (C=O) groups is 1. The zero-order valence-electron chi connectivity index (χ0n) is 16.8. The number of anilines is 1. The quantitative estimate of drug-likeness (QED) is 0.663. The van der Waals surface area contributed by atoms with E-state index in [-0.39, 0.29) is 11.5 Å². The predicted molar refractivity (Wildman–Crippen MR) is 109 cm³/mol. The molecule has 0 bridgehead atoms.